The summed E-state index contributed by atoms with van der Waals surface area (Å²) in [6, 6.07) is 62.3. The van der Waals surface area contributed by atoms with E-state index in [0.29, 0.717) is 0 Å². The summed E-state index contributed by atoms with van der Waals surface area (Å²) in [5.41, 5.74) is 14.0. The molecule has 1 aliphatic carbocycles. The van der Waals surface area contributed by atoms with Crippen LogP contribution in [0.3, 0.4) is 0 Å². The molecule has 0 aliphatic heterocycles. The summed E-state index contributed by atoms with van der Waals surface area (Å²) < 4.78 is 11.8. The van der Waals surface area contributed by atoms with Crippen molar-refractivity contribution in [2.45, 2.75) is 0 Å². The molecule has 0 saturated heterocycles. The van der Waals surface area contributed by atoms with E-state index in [1.165, 1.54) is 71.0 Å². The van der Waals surface area contributed by atoms with Crippen molar-refractivity contribution in [3.8, 4) is 33.6 Å². The van der Waals surface area contributed by atoms with E-state index in [9.17, 15) is 0 Å². The summed E-state index contributed by atoms with van der Waals surface area (Å²) in [4.78, 5) is 0. The van der Waals surface area contributed by atoms with Crippen LogP contribution in [0.4, 0.5) is 0 Å². The third-order valence-corrected chi connectivity index (χ3v) is 11.8. The highest BCUT2D eigenvalue weighted by Crippen LogP contribution is 2.50. The van der Waals surface area contributed by atoms with Gasteiger partial charge in [-0.1, -0.05) is 115 Å². The first kappa shape index (κ1) is 27.6. The lowest BCUT2D eigenvalue weighted by molar-refractivity contribution is 0.673. The average molecular weight is 673 g/mol. The van der Waals surface area contributed by atoms with Crippen LogP contribution in [0, 0.1) is 0 Å². The number of hydrogen-bond acceptors (Lipinski definition) is 1. The van der Waals surface area contributed by atoms with Gasteiger partial charge >= 0.3 is 0 Å². The lowest BCUT2D eigenvalue weighted by Crippen LogP contribution is -1.96. The van der Waals surface area contributed by atoms with Crippen LogP contribution < -0.4 is 0 Å². The Balaban J connectivity index is 1.25. The van der Waals surface area contributed by atoms with Crippen molar-refractivity contribution in [1.82, 2.24) is 9.13 Å². The molecule has 53 heavy (non-hydrogen) atoms. The molecule has 0 saturated carbocycles. The highest BCUT2D eigenvalue weighted by atomic mass is 16.3. The first-order valence-corrected chi connectivity index (χ1v) is 18.3. The SMILES string of the molecule is c1ccc2c(c1)-c1cccc3cc(-n4c5ccccc5c5ccc6c(c7c8oc9ccccc9c8ccc7n6-c6ccc7ccccc7c6)c54)cc-2c13. The molecule has 3 nitrogen and oxygen atoms in total. The quantitative estimate of drug-likeness (QED) is 0.179. The number of furan rings is 1. The van der Waals surface area contributed by atoms with Gasteiger partial charge in [-0.15, -0.1) is 0 Å². The topological polar surface area (TPSA) is 23.0 Å². The van der Waals surface area contributed by atoms with Crippen molar-refractivity contribution in [2.75, 3.05) is 0 Å². The molecule has 12 aromatic rings. The molecular formula is C50H28N2O. The van der Waals surface area contributed by atoms with E-state index in [2.05, 4.69) is 179 Å². The molecule has 244 valence electrons. The highest BCUT2D eigenvalue weighted by molar-refractivity contribution is 6.32. The molecule has 3 heteroatoms. The van der Waals surface area contributed by atoms with Gasteiger partial charge < -0.3 is 13.6 Å². The molecule has 0 spiro atoms. The highest BCUT2D eigenvalue weighted by Gasteiger charge is 2.26. The molecule has 0 fully saturated rings. The predicted octanol–water partition coefficient (Wildman–Crippen LogP) is 13.7. The van der Waals surface area contributed by atoms with Gasteiger partial charge in [-0.2, -0.15) is 0 Å². The molecule has 0 bridgehead atoms. The fourth-order valence-electron chi connectivity index (χ4n) is 9.61. The van der Waals surface area contributed by atoms with Crippen LogP contribution in [0.15, 0.2) is 174 Å². The van der Waals surface area contributed by atoms with Gasteiger partial charge in [-0.25, -0.2) is 0 Å². The molecule has 3 heterocycles. The third-order valence-electron chi connectivity index (χ3n) is 11.8. The van der Waals surface area contributed by atoms with Gasteiger partial charge in [-0.3, -0.25) is 0 Å². The molecular weight excluding hydrogens is 645 g/mol. The standard InChI is InChI=1S/C50H28N2O/c1-2-11-30-26-32(21-20-29(30)10-1)51-43-24-22-39-36-15-5-7-18-42(36)52(33-27-31-12-9-17-38-34-13-3-4-14-35(34)41(28-33)46(31)38)49(39)47(43)48-44(51)25-23-40-37-16-6-8-19-45(37)53-50(40)48/h1-28H. The fraction of sp³-hybridized carbons (Fsp3) is 0. The number of para-hydroxylation sites is 2. The van der Waals surface area contributed by atoms with Crippen molar-refractivity contribution >= 4 is 87.1 Å². The zero-order valence-electron chi connectivity index (χ0n) is 28.5. The van der Waals surface area contributed by atoms with E-state index in [-0.39, 0.29) is 0 Å². The summed E-state index contributed by atoms with van der Waals surface area (Å²) in [6.07, 6.45) is 0. The van der Waals surface area contributed by atoms with E-state index >= 15 is 0 Å². The van der Waals surface area contributed by atoms with Crippen LogP contribution in [-0.2, 0) is 0 Å². The van der Waals surface area contributed by atoms with Crippen molar-refractivity contribution in [3.63, 3.8) is 0 Å². The van der Waals surface area contributed by atoms with Gasteiger partial charge in [0.1, 0.15) is 11.2 Å². The first-order chi connectivity index (χ1) is 26.3. The summed E-state index contributed by atoms with van der Waals surface area (Å²) in [5, 5.41) is 12.1. The van der Waals surface area contributed by atoms with Crippen molar-refractivity contribution < 1.29 is 4.42 Å². The smallest absolute Gasteiger partial charge is 0.145 e. The summed E-state index contributed by atoms with van der Waals surface area (Å²) in [6.45, 7) is 0. The Morgan fingerprint density at radius 3 is 1.92 bits per heavy atom. The molecule has 0 unspecified atom stereocenters. The Hall–Kier alpha value is -7.10. The lowest BCUT2D eigenvalue weighted by Gasteiger charge is -2.13. The molecule has 1 aliphatic rings. The Labute approximate surface area is 303 Å². The maximum atomic E-state index is 6.88. The van der Waals surface area contributed by atoms with E-state index in [1.54, 1.807) is 0 Å². The van der Waals surface area contributed by atoms with Crippen LogP contribution in [-0.4, -0.2) is 9.13 Å². The molecule has 3 aromatic heterocycles. The molecule has 0 atom stereocenters. The number of hydrogen-bond donors (Lipinski definition) is 0. The van der Waals surface area contributed by atoms with Crippen molar-refractivity contribution in [3.05, 3.63) is 170 Å². The van der Waals surface area contributed by atoms with Gasteiger partial charge in [0.05, 0.1) is 27.5 Å². The Morgan fingerprint density at radius 1 is 0.340 bits per heavy atom. The monoisotopic (exact) mass is 672 g/mol. The third kappa shape index (κ3) is 3.49. The molecule has 9 aromatic carbocycles. The lowest BCUT2D eigenvalue weighted by atomic mass is 10.0. The van der Waals surface area contributed by atoms with Crippen LogP contribution in [0.1, 0.15) is 0 Å². The minimum atomic E-state index is 0.904. The van der Waals surface area contributed by atoms with E-state index in [1.807, 2.05) is 0 Å². The number of benzene rings is 9. The van der Waals surface area contributed by atoms with E-state index in [4.69, 9.17) is 4.42 Å². The minimum absolute atomic E-state index is 0.904. The fourth-order valence-corrected chi connectivity index (χ4v) is 9.61. The van der Waals surface area contributed by atoms with Crippen LogP contribution in [0.5, 0.6) is 0 Å². The second-order valence-electron chi connectivity index (χ2n) is 14.5. The molecule has 13 rings (SSSR count). The molecule has 0 amide bonds. The van der Waals surface area contributed by atoms with E-state index in [0.717, 1.165) is 49.7 Å². The number of aromatic nitrogens is 2. The summed E-state index contributed by atoms with van der Waals surface area (Å²) >= 11 is 0. The van der Waals surface area contributed by atoms with Crippen LogP contribution in [0.25, 0.3) is 121 Å². The van der Waals surface area contributed by atoms with Gasteiger partial charge in [-0.05, 0) is 98.4 Å². The number of rotatable bonds is 2. The predicted molar refractivity (Wildman–Crippen MR) is 222 cm³/mol. The Morgan fingerprint density at radius 2 is 1.02 bits per heavy atom. The zero-order valence-corrected chi connectivity index (χ0v) is 28.5. The number of fused-ring (bicyclic) bond motifs is 15. The first-order valence-electron chi connectivity index (χ1n) is 18.3. The second kappa shape index (κ2) is 9.81. The maximum Gasteiger partial charge on any atom is 0.145 e. The van der Waals surface area contributed by atoms with Crippen molar-refractivity contribution in [2.24, 2.45) is 0 Å². The van der Waals surface area contributed by atoms with Gasteiger partial charge in [0, 0.05) is 38.3 Å². The van der Waals surface area contributed by atoms with Crippen LogP contribution >= 0.6 is 0 Å². The maximum absolute atomic E-state index is 6.88. The van der Waals surface area contributed by atoms with Crippen LogP contribution in [0.2, 0.25) is 0 Å². The van der Waals surface area contributed by atoms with Gasteiger partial charge in [0.25, 0.3) is 0 Å². The Bertz CT molecular complexity index is 3570. The average Bonchev–Trinajstić information content (AvgIpc) is 3.95. The zero-order chi connectivity index (χ0) is 34.4. The summed E-state index contributed by atoms with van der Waals surface area (Å²) in [7, 11) is 0. The largest absolute Gasteiger partial charge is 0.455 e. The minimum Gasteiger partial charge on any atom is -0.455 e. The number of nitrogens with zero attached hydrogens (tertiary/aromatic N) is 2. The van der Waals surface area contributed by atoms with E-state index < -0.39 is 0 Å². The molecule has 0 radical (unpaired) electrons. The van der Waals surface area contributed by atoms with Gasteiger partial charge in [0.2, 0.25) is 0 Å². The molecule has 0 N–H and O–H groups in total. The van der Waals surface area contributed by atoms with Gasteiger partial charge in [0.15, 0.2) is 0 Å². The van der Waals surface area contributed by atoms with Crippen molar-refractivity contribution in [1.29, 1.82) is 0 Å². The summed E-state index contributed by atoms with van der Waals surface area (Å²) in [5.74, 6) is 0. The normalized spacial score (nSPS) is 12.5. The second-order valence-corrected chi connectivity index (χ2v) is 14.5. The Kier molecular flexibility index (Phi) is 5.11.